The van der Waals surface area contributed by atoms with E-state index in [0.29, 0.717) is 18.0 Å². The molecule has 8 nitrogen and oxygen atoms in total. The predicted molar refractivity (Wildman–Crippen MR) is 92.3 cm³/mol. The Balaban J connectivity index is 2.55. The van der Waals surface area contributed by atoms with E-state index >= 15 is 0 Å². The number of hydrogen-bond acceptors (Lipinski definition) is 6. The van der Waals surface area contributed by atoms with Crippen LogP contribution in [0.1, 0.15) is 20.3 Å². The maximum atomic E-state index is 12.0. The molecule has 1 aromatic carbocycles. The number of carbonyl (C=O) groups excluding carboxylic acids is 3. The second kappa shape index (κ2) is 10.4. The van der Waals surface area contributed by atoms with Crippen LogP contribution in [0.15, 0.2) is 36.0 Å². The van der Waals surface area contributed by atoms with Crippen molar-refractivity contribution in [3.8, 4) is 6.07 Å². The molecular weight excluding hydrogens is 324 g/mol. The number of amides is 2. The van der Waals surface area contributed by atoms with Gasteiger partial charge in [0.2, 0.25) is 5.91 Å². The Labute approximate surface area is 145 Å². The fourth-order valence-corrected chi connectivity index (χ4v) is 1.77. The molecule has 0 aliphatic rings. The molecule has 0 saturated carbocycles. The number of anilines is 2. The normalized spacial score (nSPS) is 10.4. The highest BCUT2D eigenvalue weighted by Crippen LogP contribution is 2.14. The summed E-state index contributed by atoms with van der Waals surface area (Å²) in [5.74, 6) is -1.13. The Morgan fingerprint density at radius 2 is 1.76 bits per heavy atom. The average Bonchev–Trinajstić information content (AvgIpc) is 2.56. The topological polar surface area (TPSA) is 120 Å². The van der Waals surface area contributed by atoms with Crippen LogP contribution >= 0.6 is 0 Å². The lowest BCUT2D eigenvalue weighted by Gasteiger charge is -2.07. The molecule has 8 heteroatoms. The average molecular weight is 344 g/mol. The van der Waals surface area contributed by atoms with E-state index in [9.17, 15) is 14.4 Å². The highest BCUT2D eigenvalue weighted by atomic mass is 16.5. The zero-order chi connectivity index (χ0) is 18.7. The quantitative estimate of drug-likeness (QED) is 0.285. The summed E-state index contributed by atoms with van der Waals surface area (Å²) in [6, 6.07) is 8.25. The molecule has 25 heavy (non-hydrogen) atoms. The molecule has 0 fully saturated rings. The lowest BCUT2D eigenvalue weighted by Crippen LogP contribution is -2.19. The summed E-state index contributed by atoms with van der Waals surface area (Å²) in [5.41, 5.74) is 0.948. The van der Waals surface area contributed by atoms with Gasteiger partial charge in [-0.15, -0.1) is 0 Å². The summed E-state index contributed by atoms with van der Waals surface area (Å²) in [6.07, 6.45) is 1.38. The molecule has 0 unspecified atom stereocenters. The highest BCUT2D eigenvalue weighted by molar-refractivity contribution is 6.06. The first-order valence-electron chi connectivity index (χ1n) is 7.64. The lowest BCUT2D eigenvalue weighted by atomic mass is 10.2. The van der Waals surface area contributed by atoms with Gasteiger partial charge in [-0.3, -0.25) is 14.4 Å². The van der Waals surface area contributed by atoms with Crippen molar-refractivity contribution in [2.75, 3.05) is 23.8 Å². The predicted octanol–water partition coefficient (Wildman–Crippen LogP) is 1.53. The summed E-state index contributed by atoms with van der Waals surface area (Å²) < 4.78 is 4.77. The largest absolute Gasteiger partial charge is 0.466 e. The highest BCUT2D eigenvalue weighted by Gasteiger charge is 2.09. The van der Waals surface area contributed by atoms with Crippen LogP contribution in [0.5, 0.6) is 0 Å². The van der Waals surface area contributed by atoms with E-state index in [-0.39, 0.29) is 30.4 Å². The molecular formula is C17H20N4O4. The van der Waals surface area contributed by atoms with E-state index in [2.05, 4.69) is 16.0 Å². The monoisotopic (exact) mass is 344 g/mol. The lowest BCUT2D eigenvalue weighted by molar-refractivity contribution is -0.142. The first-order chi connectivity index (χ1) is 12.0. The van der Waals surface area contributed by atoms with E-state index in [1.165, 1.54) is 13.1 Å². The number of hydrogen-bond donors (Lipinski definition) is 3. The van der Waals surface area contributed by atoms with Crippen LogP contribution in [0.2, 0.25) is 0 Å². The van der Waals surface area contributed by atoms with Crippen LogP contribution in [0, 0.1) is 11.3 Å². The van der Waals surface area contributed by atoms with Gasteiger partial charge in [0.1, 0.15) is 11.6 Å². The van der Waals surface area contributed by atoms with Gasteiger partial charge in [0.15, 0.2) is 0 Å². The minimum atomic E-state index is -0.585. The van der Waals surface area contributed by atoms with Gasteiger partial charge in [-0.2, -0.15) is 5.26 Å². The van der Waals surface area contributed by atoms with E-state index in [0.717, 1.165) is 0 Å². The number of nitrogens with one attached hydrogen (secondary N) is 3. The number of benzene rings is 1. The van der Waals surface area contributed by atoms with Crippen molar-refractivity contribution >= 4 is 29.2 Å². The summed E-state index contributed by atoms with van der Waals surface area (Å²) >= 11 is 0. The van der Waals surface area contributed by atoms with Crippen LogP contribution in [0.25, 0.3) is 0 Å². The number of esters is 1. The molecule has 0 aromatic heterocycles. The van der Waals surface area contributed by atoms with E-state index in [1.54, 1.807) is 37.3 Å². The fraction of sp³-hybridized carbons (Fsp3) is 0.294. The molecule has 0 atom stereocenters. The first kappa shape index (κ1) is 19.7. The SMILES string of the molecule is CCOC(=O)CCN/C=C(/C#N)C(=O)Nc1ccc(NC(C)=O)cc1. The van der Waals surface area contributed by atoms with Crippen molar-refractivity contribution in [2.24, 2.45) is 0 Å². The maximum Gasteiger partial charge on any atom is 0.307 e. The van der Waals surface area contributed by atoms with Gasteiger partial charge < -0.3 is 20.7 Å². The molecule has 3 N–H and O–H groups in total. The molecule has 0 spiro atoms. The molecule has 1 aromatic rings. The van der Waals surface area contributed by atoms with E-state index < -0.39 is 5.91 Å². The number of rotatable bonds is 8. The van der Waals surface area contributed by atoms with Crippen molar-refractivity contribution < 1.29 is 19.1 Å². The maximum absolute atomic E-state index is 12.0. The Bertz CT molecular complexity index is 690. The Hall–Kier alpha value is -3.34. The number of carbonyl (C=O) groups is 3. The Kier molecular flexibility index (Phi) is 8.23. The van der Waals surface area contributed by atoms with Crippen LogP contribution in [0.3, 0.4) is 0 Å². The van der Waals surface area contributed by atoms with Gasteiger partial charge in [0.05, 0.1) is 13.0 Å². The van der Waals surface area contributed by atoms with Crippen molar-refractivity contribution in [1.29, 1.82) is 5.26 Å². The summed E-state index contributed by atoms with van der Waals surface area (Å²) in [7, 11) is 0. The first-order valence-corrected chi connectivity index (χ1v) is 7.64. The van der Waals surface area contributed by atoms with Crippen molar-refractivity contribution in [1.82, 2.24) is 5.32 Å². The molecule has 0 aliphatic heterocycles. The van der Waals surface area contributed by atoms with Crippen molar-refractivity contribution in [3.05, 3.63) is 36.0 Å². The van der Waals surface area contributed by atoms with E-state index in [4.69, 9.17) is 10.00 Å². The van der Waals surface area contributed by atoms with Crippen LogP contribution in [0.4, 0.5) is 11.4 Å². The third-order valence-corrected chi connectivity index (χ3v) is 2.85. The summed E-state index contributed by atoms with van der Waals surface area (Å²) in [4.78, 5) is 34.2. The standard InChI is InChI=1S/C17H20N4O4/c1-3-25-16(23)8-9-19-11-13(10-18)17(24)21-15-6-4-14(5-7-15)20-12(2)22/h4-7,11,19H,3,8-9H2,1-2H3,(H,20,22)(H,21,24)/b13-11-. The second-order valence-electron chi connectivity index (χ2n) is 4.89. The van der Waals surface area contributed by atoms with Gasteiger partial charge in [0.25, 0.3) is 5.91 Å². The Morgan fingerprint density at radius 1 is 1.16 bits per heavy atom. The smallest absolute Gasteiger partial charge is 0.307 e. The molecule has 1 rings (SSSR count). The molecule has 0 radical (unpaired) electrons. The zero-order valence-electron chi connectivity index (χ0n) is 14.1. The minimum Gasteiger partial charge on any atom is -0.466 e. The summed E-state index contributed by atoms with van der Waals surface area (Å²) in [6.45, 7) is 3.67. The van der Waals surface area contributed by atoms with Crippen LogP contribution in [-0.2, 0) is 19.1 Å². The number of nitrogens with zero attached hydrogens (tertiary/aromatic N) is 1. The molecule has 0 saturated heterocycles. The van der Waals surface area contributed by atoms with Gasteiger partial charge in [-0.1, -0.05) is 0 Å². The molecule has 2 amide bonds. The second-order valence-corrected chi connectivity index (χ2v) is 4.89. The van der Waals surface area contributed by atoms with Gasteiger partial charge in [0, 0.05) is 31.0 Å². The third-order valence-electron chi connectivity index (χ3n) is 2.85. The van der Waals surface area contributed by atoms with E-state index in [1.807, 2.05) is 0 Å². The fourth-order valence-electron chi connectivity index (χ4n) is 1.77. The van der Waals surface area contributed by atoms with Crippen LogP contribution in [-0.4, -0.2) is 30.9 Å². The van der Waals surface area contributed by atoms with Crippen molar-refractivity contribution in [3.63, 3.8) is 0 Å². The van der Waals surface area contributed by atoms with Gasteiger partial charge in [-0.25, -0.2) is 0 Å². The molecule has 132 valence electrons. The van der Waals surface area contributed by atoms with Crippen LogP contribution < -0.4 is 16.0 Å². The number of nitriles is 1. The molecule has 0 bridgehead atoms. The summed E-state index contributed by atoms with van der Waals surface area (Å²) in [5, 5.41) is 17.0. The van der Waals surface area contributed by atoms with Gasteiger partial charge >= 0.3 is 5.97 Å². The van der Waals surface area contributed by atoms with Crippen molar-refractivity contribution in [2.45, 2.75) is 20.3 Å². The molecule has 0 heterocycles. The molecule has 0 aliphatic carbocycles. The zero-order valence-corrected chi connectivity index (χ0v) is 14.1. The van der Waals surface area contributed by atoms with Gasteiger partial charge in [-0.05, 0) is 31.2 Å². The Morgan fingerprint density at radius 3 is 2.28 bits per heavy atom. The third kappa shape index (κ3) is 7.65. The number of ether oxygens (including phenoxy) is 1. The minimum absolute atomic E-state index is 0.130.